The molecule has 2 aromatic carbocycles. The van der Waals surface area contributed by atoms with E-state index >= 15 is 0 Å². The first-order valence-electron chi connectivity index (χ1n) is 10.5. The SMILES string of the molecule is C=CCc1cc2cc(OC)ccc2c(OC(=O)N(CC)CC)c1C(=O)N(CC)CC. The van der Waals surface area contributed by atoms with Crippen LogP contribution in [-0.2, 0) is 6.42 Å². The Kier molecular flexibility index (Phi) is 8.27. The number of rotatable bonds is 9. The molecular weight excluding hydrogens is 380 g/mol. The normalized spacial score (nSPS) is 10.6. The Labute approximate surface area is 179 Å². The van der Waals surface area contributed by atoms with Gasteiger partial charge in [0.05, 0.1) is 12.7 Å². The Morgan fingerprint density at radius 2 is 1.63 bits per heavy atom. The van der Waals surface area contributed by atoms with Crippen LogP contribution in [0.25, 0.3) is 10.8 Å². The predicted molar refractivity (Wildman–Crippen MR) is 121 cm³/mol. The third kappa shape index (κ3) is 4.75. The number of carbonyl (C=O) groups is 2. The Bertz CT molecular complexity index is 915. The molecule has 0 N–H and O–H groups in total. The Hall–Kier alpha value is -3.02. The number of fused-ring (bicyclic) bond motifs is 1. The lowest BCUT2D eigenvalue weighted by atomic mass is 9.96. The van der Waals surface area contributed by atoms with Crippen molar-refractivity contribution in [1.82, 2.24) is 9.80 Å². The summed E-state index contributed by atoms with van der Waals surface area (Å²) < 4.78 is 11.2. The average Bonchev–Trinajstić information content (AvgIpc) is 2.75. The summed E-state index contributed by atoms with van der Waals surface area (Å²) in [5.74, 6) is 0.827. The van der Waals surface area contributed by atoms with Crippen LogP contribution in [-0.4, -0.2) is 55.1 Å². The van der Waals surface area contributed by atoms with Crippen LogP contribution in [0, 0.1) is 0 Å². The number of carbonyl (C=O) groups excluding carboxylic acids is 2. The van der Waals surface area contributed by atoms with Crippen molar-refractivity contribution in [3.05, 3.63) is 48.0 Å². The van der Waals surface area contributed by atoms with E-state index in [0.29, 0.717) is 55.0 Å². The number of nitrogens with zero attached hydrogens (tertiary/aromatic N) is 2. The van der Waals surface area contributed by atoms with Crippen molar-refractivity contribution in [3.8, 4) is 11.5 Å². The second-order valence-corrected chi connectivity index (χ2v) is 6.84. The molecule has 0 radical (unpaired) electrons. The fourth-order valence-corrected chi connectivity index (χ4v) is 3.49. The molecule has 30 heavy (non-hydrogen) atoms. The molecule has 6 nitrogen and oxygen atoms in total. The van der Waals surface area contributed by atoms with E-state index in [1.807, 2.05) is 45.9 Å². The van der Waals surface area contributed by atoms with E-state index < -0.39 is 6.09 Å². The van der Waals surface area contributed by atoms with Gasteiger partial charge in [0.2, 0.25) is 0 Å². The zero-order valence-electron chi connectivity index (χ0n) is 18.7. The minimum absolute atomic E-state index is 0.156. The summed E-state index contributed by atoms with van der Waals surface area (Å²) in [6.45, 7) is 13.7. The Morgan fingerprint density at radius 1 is 1.00 bits per heavy atom. The van der Waals surface area contributed by atoms with Crippen LogP contribution >= 0.6 is 0 Å². The highest BCUT2D eigenvalue weighted by Gasteiger charge is 2.26. The minimum Gasteiger partial charge on any atom is -0.497 e. The number of amides is 2. The van der Waals surface area contributed by atoms with Gasteiger partial charge in [-0.2, -0.15) is 0 Å². The molecule has 2 rings (SSSR count). The lowest BCUT2D eigenvalue weighted by Gasteiger charge is -2.25. The average molecular weight is 413 g/mol. The highest BCUT2D eigenvalue weighted by molar-refractivity contribution is 6.06. The summed E-state index contributed by atoms with van der Waals surface area (Å²) in [4.78, 5) is 29.6. The molecule has 0 unspecified atom stereocenters. The number of hydrogen-bond acceptors (Lipinski definition) is 4. The van der Waals surface area contributed by atoms with Crippen LogP contribution in [0.5, 0.6) is 11.5 Å². The number of methoxy groups -OCH3 is 1. The fourth-order valence-electron chi connectivity index (χ4n) is 3.49. The van der Waals surface area contributed by atoms with Gasteiger partial charge >= 0.3 is 6.09 Å². The molecule has 0 saturated carbocycles. The topological polar surface area (TPSA) is 59.1 Å². The molecule has 0 heterocycles. The summed E-state index contributed by atoms with van der Waals surface area (Å²) >= 11 is 0. The van der Waals surface area contributed by atoms with Crippen LogP contribution in [0.1, 0.15) is 43.6 Å². The molecule has 162 valence electrons. The summed E-state index contributed by atoms with van der Waals surface area (Å²) in [5.41, 5.74) is 1.18. The first-order chi connectivity index (χ1) is 14.4. The van der Waals surface area contributed by atoms with Crippen molar-refractivity contribution in [2.24, 2.45) is 0 Å². The van der Waals surface area contributed by atoms with Crippen LogP contribution in [0.2, 0.25) is 0 Å². The summed E-state index contributed by atoms with van der Waals surface area (Å²) in [5, 5.41) is 1.53. The molecule has 0 aromatic heterocycles. The zero-order chi connectivity index (χ0) is 22.3. The van der Waals surface area contributed by atoms with Gasteiger partial charge in [-0.3, -0.25) is 4.79 Å². The molecule has 0 aliphatic rings. The molecule has 0 atom stereocenters. The maximum Gasteiger partial charge on any atom is 0.415 e. The molecule has 0 aliphatic carbocycles. The number of allylic oxidation sites excluding steroid dienone is 1. The first kappa shape index (κ1) is 23.3. The van der Waals surface area contributed by atoms with E-state index in [0.717, 1.165) is 10.9 Å². The molecule has 0 bridgehead atoms. The minimum atomic E-state index is -0.471. The van der Waals surface area contributed by atoms with E-state index in [1.165, 1.54) is 0 Å². The third-order valence-electron chi connectivity index (χ3n) is 5.22. The molecule has 0 fully saturated rings. The van der Waals surface area contributed by atoms with Gasteiger partial charge in [-0.05, 0) is 69.3 Å². The van der Waals surface area contributed by atoms with E-state index in [1.54, 1.807) is 29.1 Å². The lowest BCUT2D eigenvalue weighted by molar-refractivity contribution is 0.0768. The lowest BCUT2D eigenvalue weighted by Crippen LogP contribution is -2.35. The van der Waals surface area contributed by atoms with Crippen LogP contribution in [0.15, 0.2) is 36.9 Å². The fraction of sp³-hybridized carbons (Fsp3) is 0.417. The van der Waals surface area contributed by atoms with Gasteiger partial charge in [0.15, 0.2) is 5.75 Å². The predicted octanol–water partition coefficient (Wildman–Crippen LogP) is 4.90. The van der Waals surface area contributed by atoms with Crippen molar-refractivity contribution < 1.29 is 19.1 Å². The van der Waals surface area contributed by atoms with Gasteiger partial charge in [0.1, 0.15) is 5.75 Å². The second kappa shape index (κ2) is 10.7. The van der Waals surface area contributed by atoms with Crippen LogP contribution in [0.3, 0.4) is 0 Å². The van der Waals surface area contributed by atoms with E-state index in [4.69, 9.17) is 9.47 Å². The van der Waals surface area contributed by atoms with Crippen molar-refractivity contribution in [2.45, 2.75) is 34.1 Å². The second-order valence-electron chi connectivity index (χ2n) is 6.84. The summed E-state index contributed by atoms with van der Waals surface area (Å²) in [6, 6.07) is 7.46. The van der Waals surface area contributed by atoms with Crippen molar-refractivity contribution in [2.75, 3.05) is 33.3 Å². The zero-order valence-corrected chi connectivity index (χ0v) is 18.7. The first-order valence-corrected chi connectivity index (χ1v) is 10.5. The van der Waals surface area contributed by atoms with Gasteiger partial charge < -0.3 is 19.3 Å². The standard InChI is InChI=1S/C24H32N2O4/c1-7-12-17-15-18-16-19(29-6)13-14-20(18)22(30-24(28)26(10-4)11-5)21(17)23(27)25(8-2)9-3/h7,13-16H,1,8-12H2,2-6H3. The number of hydrogen-bond donors (Lipinski definition) is 0. The molecule has 2 aromatic rings. The Morgan fingerprint density at radius 3 is 2.17 bits per heavy atom. The maximum atomic E-state index is 13.4. The van der Waals surface area contributed by atoms with E-state index in [2.05, 4.69) is 6.58 Å². The molecule has 6 heteroatoms. The molecule has 0 spiro atoms. The van der Waals surface area contributed by atoms with E-state index in [9.17, 15) is 9.59 Å². The van der Waals surface area contributed by atoms with Crippen molar-refractivity contribution >= 4 is 22.8 Å². The smallest absolute Gasteiger partial charge is 0.415 e. The van der Waals surface area contributed by atoms with Crippen LogP contribution in [0.4, 0.5) is 4.79 Å². The van der Waals surface area contributed by atoms with Gasteiger partial charge in [-0.25, -0.2) is 4.79 Å². The molecule has 0 aliphatic heterocycles. The summed E-state index contributed by atoms with van der Waals surface area (Å²) in [6.07, 6.45) is 1.75. The molecular formula is C24H32N2O4. The molecule has 2 amide bonds. The van der Waals surface area contributed by atoms with Crippen molar-refractivity contribution in [3.63, 3.8) is 0 Å². The summed E-state index contributed by atoms with van der Waals surface area (Å²) in [7, 11) is 1.60. The highest BCUT2D eigenvalue weighted by Crippen LogP contribution is 2.36. The largest absolute Gasteiger partial charge is 0.497 e. The van der Waals surface area contributed by atoms with Crippen LogP contribution < -0.4 is 9.47 Å². The Balaban J connectivity index is 2.80. The van der Waals surface area contributed by atoms with Gasteiger partial charge in [0, 0.05) is 31.6 Å². The van der Waals surface area contributed by atoms with E-state index in [-0.39, 0.29) is 5.91 Å². The van der Waals surface area contributed by atoms with Gasteiger partial charge in [-0.1, -0.05) is 6.08 Å². The van der Waals surface area contributed by atoms with Gasteiger partial charge in [-0.15, -0.1) is 6.58 Å². The molecule has 0 saturated heterocycles. The highest BCUT2D eigenvalue weighted by atomic mass is 16.6. The number of ether oxygens (including phenoxy) is 2. The third-order valence-corrected chi connectivity index (χ3v) is 5.22. The van der Waals surface area contributed by atoms with Gasteiger partial charge in [0.25, 0.3) is 5.91 Å². The van der Waals surface area contributed by atoms with Crippen molar-refractivity contribution in [1.29, 1.82) is 0 Å². The number of benzene rings is 2. The quantitative estimate of drug-likeness (QED) is 0.550. The monoisotopic (exact) mass is 412 g/mol. The maximum absolute atomic E-state index is 13.4.